The molecule has 0 aliphatic carbocycles. The van der Waals surface area contributed by atoms with Crippen molar-refractivity contribution < 1.29 is 19.4 Å². The van der Waals surface area contributed by atoms with Crippen molar-refractivity contribution in [3.63, 3.8) is 0 Å². The van der Waals surface area contributed by atoms with Crippen LogP contribution in [0.1, 0.15) is 167 Å². The van der Waals surface area contributed by atoms with Gasteiger partial charge in [-0.15, -0.1) is 0 Å². The van der Waals surface area contributed by atoms with Gasteiger partial charge in [0.2, 0.25) is 0 Å². The monoisotopic (exact) mass is 610 g/mol. The third kappa shape index (κ3) is 10.1. The molecule has 1 N–H and O–H groups in total. The number of benzene rings is 2. The molecule has 0 aliphatic rings. The van der Waals surface area contributed by atoms with Crippen molar-refractivity contribution in [3.8, 4) is 11.5 Å². The summed E-state index contributed by atoms with van der Waals surface area (Å²) in [4.78, 5) is 14.0. The minimum Gasteiger partial charge on any atom is -0.507 e. The molecule has 0 unspecified atom stereocenters. The lowest BCUT2D eigenvalue weighted by atomic mass is 9.78. The molecule has 0 bridgehead atoms. The van der Waals surface area contributed by atoms with Crippen LogP contribution in [0.25, 0.3) is 0 Å². The van der Waals surface area contributed by atoms with Gasteiger partial charge < -0.3 is 14.6 Å². The summed E-state index contributed by atoms with van der Waals surface area (Å²) in [6.45, 7) is 27.8. The fraction of sp³-hybridized carbons (Fsp3) is 0.632. The molecule has 4 nitrogen and oxygen atoms in total. The second-order valence-electron chi connectivity index (χ2n) is 16.1. The Morgan fingerprint density at radius 2 is 1.05 bits per heavy atom. The third-order valence-corrected chi connectivity index (χ3v) is 8.18. The summed E-state index contributed by atoms with van der Waals surface area (Å²) in [7, 11) is 0. The smallest absolute Gasteiger partial charge is 0.343 e. The van der Waals surface area contributed by atoms with Gasteiger partial charge in [-0.1, -0.05) is 122 Å². The van der Waals surface area contributed by atoms with E-state index in [9.17, 15) is 9.90 Å². The molecule has 0 heterocycles. The van der Waals surface area contributed by atoms with E-state index in [1.807, 2.05) is 53.7 Å². The summed E-state index contributed by atoms with van der Waals surface area (Å²) in [6, 6.07) is 7.61. The van der Waals surface area contributed by atoms with Gasteiger partial charge in [-0.3, -0.25) is 0 Å². The quantitative estimate of drug-likeness (QED) is 0.125. The van der Waals surface area contributed by atoms with E-state index in [0.29, 0.717) is 23.0 Å². The van der Waals surface area contributed by atoms with Crippen molar-refractivity contribution in [1.82, 2.24) is 0 Å². The predicted molar refractivity (Wildman–Crippen MR) is 185 cm³/mol. The highest BCUT2D eigenvalue weighted by atomic mass is 32.1. The first-order chi connectivity index (χ1) is 19.6. The lowest BCUT2D eigenvalue weighted by molar-refractivity contribution is 0.0728. The minimum absolute atomic E-state index is 0.237. The van der Waals surface area contributed by atoms with Crippen LogP contribution in [0, 0.1) is 0 Å². The SMILES string of the molecule is CCCCCCCCOC(=S)c1cc(C(C)(C)C)c(OC(=O)c2cc(C(C)(C)C)c(O)c(C(C)(C)C)c2)c(C(C)(C)C)c1. The average Bonchev–Trinajstić information content (AvgIpc) is 2.85. The van der Waals surface area contributed by atoms with Gasteiger partial charge in [0, 0.05) is 27.8 Å². The van der Waals surface area contributed by atoms with E-state index in [0.717, 1.165) is 40.7 Å². The first kappa shape index (κ1) is 36.8. The Balaban J connectivity index is 2.56. The highest BCUT2D eigenvalue weighted by Crippen LogP contribution is 2.43. The fourth-order valence-corrected chi connectivity index (χ4v) is 5.35. The van der Waals surface area contributed by atoms with Gasteiger partial charge in [-0.25, -0.2) is 4.79 Å². The molecular formula is C38H58O4S. The predicted octanol–water partition coefficient (Wildman–Crippen LogP) is 10.9. The Bertz CT molecular complexity index is 1210. The van der Waals surface area contributed by atoms with Gasteiger partial charge in [0.25, 0.3) is 0 Å². The second kappa shape index (κ2) is 14.1. The highest BCUT2D eigenvalue weighted by molar-refractivity contribution is 7.80. The zero-order valence-electron chi connectivity index (χ0n) is 29.3. The van der Waals surface area contributed by atoms with Crippen LogP contribution in [0.15, 0.2) is 24.3 Å². The Morgan fingerprint density at radius 3 is 1.47 bits per heavy atom. The van der Waals surface area contributed by atoms with Crippen LogP contribution < -0.4 is 4.74 Å². The fourth-order valence-electron chi connectivity index (χ4n) is 5.15. The van der Waals surface area contributed by atoms with Crippen LogP contribution in [0.5, 0.6) is 11.5 Å². The van der Waals surface area contributed by atoms with Crippen LogP contribution in [0.3, 0.4) is 0 Å². The molecule has 2 aromatic carbocycles. The van der Waals surface area contributed by atoms with E-state index >= 15 is 0 Å². The molecular weight excluding hydrogens is 552 g/mol. The Morgan fingerprint density at radius 1 is 0.651 bits per heavy atom. The summed E-state index contributed by atoms with van der Waals surface area (Å²) in [6.07, 6.45) is 7.14. The van der Waals surface area contributed by atoms with Crippen molar-refractivity contribution in [3.05, 3.63) is 57.6 Å². The van der Waals surface area contributed by atoms with E-state index in [4.69, 9.17) is 21.7 Å². The molecule has 0 spiro atoms. The summed E-state index contributed by atoms with van der Waals surface area (Å²) < 4.78 is 12.4. The van der Waals surface area contributed by atoms with Gasteiger partial charge in [0.1, 0.15) is 11.5 Å². The number of unbranched alkanes of at least 4 members (excludes halogenated alkanes) is 5. The number of hydrogen-bond acceptors (Lipinski definition) is 5. The lowest BCUT2D eigenvalue weighted by Crippen LogP contribution is -2.24. The largest absolute Gasteiger partial charge is 0.507 e. The molecule has 43 heavy (non-hydrogen) atoms. The Kier molecular flexibility index (Phi) is 12.1. The number of phenols is 1. The molecule has 0 atom stereocenters. The molecule has 5 heteroatoms. The van der Waals surface area contributed by atoms with Gasteiger partial charge in [-0.05, 0) is 64.6 Å². The van der Waals surface area contributed by atoms with Gasteiger partial charge in [0.15, 0.2) is 5.05 Å². The number of hydrogen-bond donors (Lipinski definition) is 1. The molecule has 0 radical (unpaired) electrons. The van der Waals surface area contributed by atoms with Crippen LogP contribution in [0.2, 0.25) is 0 Å². The Hall–Kier alpha value is -2.40. The number of thiocarbonyl (C=S) groups is 1. The molecule has 0 aromatic heterocycles. The van der Waals surface area contributed by atoms with E-state index < -0.39 is 5.97 Å². The second-order valence-corrected chi connectivity index (χ2v) is 16.5. The van der Waals surface area contributed by atoms with E-state index in [1.165, 1.54) is 25.7 Å². The van der Waals surface area contributed by atoms with Crippen molar-refractivity contribution in [1.29, 1.82) is 0 Å². The lowest BCUT2D eigenvalue weighted by Gasteiger charge is -2.31. The van der Waals surface area contributed by atoms with Gasteiger partial charge in [0.05, 0.1) is 12.2 Å². The number of phenolic OH excluding ortho intramolecular Hbond substituents is 1. The van der Waals surface area contributed by atoms with Crippen LogP contribution in [-0.4, -0.2) is 22.7 Å². The summed E-state index contributed by atoms with van der Waals surface area (Å²) in [5.41, 5.74) is 3.13. The number of rotatable bonds is 10. The maximum atomic E-state index is 14.0. The summed E-state index contributed by atoms with van der Waals surface area (Å²) in [5.74, 6) is 0.359. The topological polar surface area (TPSA) is 55.8 Å². The first-order valence-electron chi connectivity index (χ1n) is 16.0. The number of esters is 1. The van der Waals surface area contributed by atoms with E-state index in [1.54, 1.807) is 12.1 Å². The van der Waals surface area contributed by atoms with Crippen molar-refractivity contribution in [2.45, 2.75) is 150 Å². The number of ether oxygens (including phenoxy) is 2. The highest BCUT2D eigenvalue weighted by Gasteiger charge is 2.32. The van der Waals surface area contributed by atoms with Crippen molar-refractivity contribution >= 4 is 23.2 Å². The number of carbonyl (C=O) groups is 1. The molecule has 0 saturated heterocycles. The molecule has 0 saturated carbocycles. The van der Waals surface area contributed by atoms with Crippen LogP contribution >= 0.6 is 12.2 Å². The van der Waals surface area contributed by atoms with Crippen LogP contribution in [-0.2, 0) is 26.4 Å². The van der Waals surface area contributed by atoms with Gasteiger partial charge in [-0.2, -0.15) is 0 Å². The van der Waals surface area contributed by atoms with Crippen molar-refractivity contribution in [2.24, 2.45) is 0 Å². The zero-order chi connectivity index (χ0) is 33.0. The maximum Gasteiger partial charge on any atom is 0.343 e. The number of carbonyl (C=O) groups excluding carboxylic acids is 1. The average molecular weight is 611 g/mol. The minimum atomic E-state index is -0.443. The first-order valence-corrected chi connectivity index (χ1v) is 16.5. The van der Waals surface area contributed by atoms with Crippen molar-refractivity contribution in [2.75, 3.05) is 6.61 Å². The molecule has 0 aliphatic heterocycles. The molecule has 0 fully saturated rings. The zero-order valence-corrected chi connectivity index (χ0v) is 30.2. The van der Waals surface area contributed by atoms with Gasteiger partial charge >= 0.3 is 5.97 Å². The van der Waals surface area contributed by atoms with E-state index in [2.05, 4.69) is 48.5 Å². The molecule has 0 amide bonds. The molecule has 2 rings (SSSR count). The normalized spacial score (nSPS) is 12.8. The van der Waals surface area contributed by atoms with Crippen LogP contribution in [0.4, 0.5) is 0 Å². The maximum absolute atomic E-state index is 14.0. The summed E-state index contributed by atoms with van der Waals surface area (Å²) >= 11 is 5.77. The number of aromatic hydroxyl groups is 1. The molecule has 240 valence electrons. The molecule has 2 aromatic rings. The summed E-state index contributed by atoms with van der Waals surface area (Å²) in [5, 5.41) is 11.7. The third-order valence-electron chi connectivity index (χ3n) is 7.83. The van der Waals surface area contributed by atoms with E-state index in [-0.39, 0.29) is 27.4 Å². The standard InChI is InChI=1S/C38H58O4S/c1-14-15-16-17-18-19-20-41-34(43)26-23-29(37(8,9)10)32(30(24-26)38(11,12)13)42-33(40)25-21-27(35(2,3)4)31(39)28(22-25)36(5,6)7/h21-24,39H,14-20H2,1-13H3. The Labute approximate surface area is 268 Å².